The fourth-order valence-corrected chi connectivity index (χ4v) is 3.26. The smallest absolute Gasteiger partial charge is 0.109 e. The average molecular weight is 273 g/mol. The molecule has 0 saturated heterocycles. The normalized spacial score (nSPS) is 23.3. The maximum Gasteiger partial charge on any atom is 0.109 e. The zero-order valence-corrected chi connectivity index (χ0v) is 12.0. The number of nitrogens with zero attached hydrogens (tertiary/aromatic N) is 2. The standard InChI is InChI=1S/C16H23N3O/c1-2-16-18-14-9-12(17)5-8-15(14)19(16)10-11-3-6-13(20)7-4-11/h5,8-9,11,13,20H,2-4,6-7,10,17H2,1H3. The molecule has 108 valence electrons. The minimum absolute atomic E-state index is 0.0868. The van der Waals surface area contributed by atoms with E-state index in [0.29, 0.717) is 5.92 Å². The van der Waals surface area contributed by atoms with E-state index in [4.69, 9.17) is 10.7 Å². The predicted octanol–water partition coefficient (Wildman–Crippen LogP) is 2.73. The Balaban J connectivity index is 1.89. The molecule has 0 radical (unpaired) electrons. The largest absolute Gasteiger partial charge is 0.399 e. The summed E-state index contributed by atoms with van der Waals surface area (Å²) in [5, 5.41) is 9.62. The summed E-state index contributed by atoms with van der Waals surface area (Å²) in [7, 11) is 0. The lowest BCUT2D eigenvalue weighted by Crippen LogP contribution is -2.22. The van der Waals surface area contributed by atoms with Crippen LogP contribution in [-0.4, -0.2) is 20.8 Å². The van der Waals surface area contributed by atoms with Gasteiger partial charge in [-0.1, -0.05) is 6.92 Å². The number of hydrogen-bond acceptors (Lipinski definition) is 3. The summed E-state index contributed by atoms with van der Waals surface area (Å²) in [6, 6.07) is 5.98. The highest BCUT2D eigenvalue weighted by Crippen LogP contribution is 2.28. The lowest BCUT2D eigenvalue weighted by atomic mass is 9.87. The van der Waals surface area contributed by atoms with Crippen LogP contribution < -0.4 is 5.73 Å². The van der Waals surface area contributed by atoms with E-state index in [1.165, 1.54) is 5.52 Å². The zero-order chi connectivity index (χ0) is 14.1. The van der Waals surface area contributed by atoms with Gasteiger partial charge in [0.25, 0.3) is 0 Å². The molecule has 0 amide bonds. The third-order valence-corrected chi connectivity index (χ3v) is 4.42. The Labute approximate surface area is 119 Å². The van der Waals surface area contributed by atoms with E-state index in [2.05, 4.69) is 17.6 Å². The number of benzene rings is 1. The second kappa shape index (κ2) is 5.44. The van der Waals surface area contributed by atoms with Crippen LogP contribution in [0.3, 0.4) is 0 Å². The fraction of sp³-hybridized carbons (Fsp3) is 0.562. The lowest BCUT2D eigenvalue weighted by Gasteiger charge is -2.26. The number of nitrogen functional groups attached to an aromatic ring is 1. The highest BCUT2D eigenvalue weighted by atomic mass is 16.3. The minimum atomic E-state index is -0.0868. The number of aliphatic hydroxyl groups is 1. The summed E-state index contributed by atoms with van der Waals surface area (Å²) in [6.07, 6.45) is 4.94. The molecule has 4 heteroatoms. The van der Waals surface area contributed by atoms with Crippen molar-refractivity contribution in [2.75, 3.05) is 5.73 Å². The first kappa shape index (κ1) is 13.4. The van der Waals surface area contributed by atoms with Crippen molar-refractivity contribution < 1.29 is 5.11 Å². The van der Waals surface area contributed by atoms with Crippen molar-refractivity contribution in [3.63, 3.8) is 0 Å². The van der Waals surface area contributed by atoms with Crippen molar-refractivity contribution in [3.05, 3.63) is 24.0 Å². The lowest BCUT2D eigenvalue weighted by molar-refractivity contribution is 0.104. The van der Waals surface area contributed by atoms with Crippen LogP contribution in [0.5, 0.6) is 0 Å². The predicted molar refractivity (Wildman–Crippen MR) is 81.5 cm³/mol. The molecule has 3 N–H and O–H groups in total. The molecule has 0 unspecified atom stereocenters. The minimum Gasteiger partial charge on any atom is -0.399 e. The van der Waals surface area contributed by atoms with E-state index >= 15 is 0 Å². The van der Waals surface area contributed by atoms with Crippen molar-refractivity contribution in [2.24, 2.45) is 5.92 Å². The third-order valence-electron chi connectivity index (χ3n) is 4.42. The number of anilines is 1. The van der Waals surface area contributed by atoms with Gasteiger partial charge in [0.2, 0.25) is 0 Å². The SMILES string of the molecule is CCc1nc2cc(N)ccc2n1CC1CCC(O)CC1. The molecule has 0 atom stereocenters. The molecule has 1 fully saturated rings. The molecule has 1 aliphatic carbocycles. The molecule has 2 aromatic rings. The Morgan fingerprint density at radius 2 is 2.05 bits per heavy atom. The van der Waals surface area contributed by atoms with E-state index in [1.807, 2.05) is 12.1 Å². The van der Waals surface area contributed by atoms with E-state index < -0.39 is 0 Å². The van der Waals surface area contributed by atoms with Gasteiger partial charge < -0.3 is 15.4 Å². The highest BCUT2D eigenvalue weighted by molar-refractivity contribution is 5.79. The fourth-order valence-electron chi connectivity index (χ4n) is 3.26. The molecular weight excluding hydrogens is 250 g/mol. The second-order valence-electron chi connectivity index (χ2n) is 5.91. The number of rotatable bonds is 3. The van der Waals surface area contributed by atoms with Crippen LogP contribution in [-0.2, 0) is 13.0 Å². The van der Waals surface area contributed by atoms with Crippen LogP contribution in [0.15, 0.2) is 18.2 Å². The summed E-state index contributed by atoms with van der Waals surface area (Å²) < 4.78 is 2.34. The third kappa shape index (κ3) is 2.52. The van der Waals surface area contributed by atoms with Crippen LogP contribution in [0.1, 0.15) is 38.4 Å². The van der Waals surface area contributed by atoms with Crippen molar-refractivity contribution in [1.29, 1.82) is 0 Å². The Bertz CT molecular complexity index is 597. The molecule has 20 heavy (non-hydrogen) atoms. The van der Waals surface area contributed by atoms with Crippen molar-refractivity contribution >= 4 is 16.7 Å². The number of imidazole rings is 1. The van der Waals surface area contributed by atoms with Gasteiger partial charge in [0.15, 0.2) is 0 Å². The van der Waals surface area contributed by atoms with Crippen LogP contribution >= 0.6 is 0 Å². The van der Waals surface area contributed by atoms with Gasteiger partial charge >= 0.3 is 0 Å². The number of aryl methyl sites for hydroxylation is 1. The Hall–Kier alpha value is -1.55. The first-order valence-electron chi connectivity index (χ1n) is 7.60. The van der Waals surface area contributed by atoms with Crippen molar-refractivity contribution in [3.8, 4) is 0 Å². The summed E-state index contributed by atoms with van der Waals surface area (Å²) in [6.45, 7) is 3.15. The van der Waals surface area contributed by atoms with Crippen molar-refractivity contribution in [1.82, 2.24) is 9.55 Å². The molecule has 1 saturated carbocycles. The van der Waals surface area contributed by atoms with E-state index in [-0.39, 0.29) is 6.10 Å². The van der Waals surface area contributed by atoms with Crippen LogP contribution in [0, 0.1) is 5.92 Å². The van der Waals surface area contributed by atoms with Crippen LogP contribution in [0.2, 0.25) is 0 Å². The molecule has 0 aliphatic heterocycles. The monoisotopic (exact) mass is 273 g/mol. The topological polar surface area (TPSA) is 64.1 Å². The van der Waals surface area contributed by atoms with Gasteiger partial charge in [-0.05, 0) is 49.8 Å². The number of hydrogen-bond donors (Lipinski definition) is 2. The molecule has 1 aromatic carbocycles. The number of nitrogens with two attached hydrogens (primary N) is 1. The van der Waals surface area contributed by atoms with Gasteiger partial charge in [-0.3, -0.25) is 0 Å². The van der Waals surface area contributed by atoms with Crippen molar-refractivity contribution in [2.45, 2.75) is 51.7 Å². The van der Waals surface area contributed by atoms with E-state index in [9.17, 15) is 5.11 Å². The number of aromatic nitrogens is 2. The van der Waals surface area contributed by atoms with Gasteiger partial charge in [0.05, 0.1) is 17.1 Å². The first-order valence-corrected chi connectivity index (χ1v) is 7.60. The van der Waals surface area contributed by atoms with Gasteiger partial charge in [-0.25, -0.2) is 4.98 Å². The maximum absolute atomic E-state index is 9.62. The molecule has 3 rings (SSSR count). The molecule has 4 nitrogen and oxygen atoms in total. The Morgan fingerprint density at radius 1 is 1.30 bits per heavy atom. The summed E-state index contributed by atoms with van der Waals surface area (Å²) in [5.41, 5.74) is 8.80. The van der Waals surface area contributed by atoms with Gasteiger partial charge in [-0.2, -0.15) is 0 Å². The molecular formula is C16H23N3O. The molecule has 1 aromatic heterocycles. The molecule has 1 heterocycles. The molecule has 0 spiro atoms. The summed E-state index contributed by atoms with van der Waals surface area (Å²) >= 11 is 0. The maximum atomic E-state index is 9.62. The van der Waals surface area contributed by atoms with Crippen LogP contribution in [0.25, 0.3) is 11.0 Å². The van der Waals surface area contributed by atoms with Gasteiger partial charge in [0, 0.05) is 18.7 Å². The molecule has 1 aliphatic rings. The zero-order valence-electron chi connectivity index (χ0n) is 12.0. The molecule has 0 bridgehead atoms. The first-order chi connectivity index (χ1) is 9.67. The van der Waals surface area contributed by atoms with Gasteiger partial charge in [-0.15, -0.1) is 0 Å². The van der Waals surface area contributed by atoms with Crippen LogP contribution in [0.4, 0.5) is 5.69 Å². The summed E-state index contributed by atoms with van der Waals surface area (Å²) in [5.74, 6) is 1.79. The number of fused-ring (bicyclic) bond motifs is 1. The van der Waals surface area contributed by atoms with Gasteiger partial charge in [0.1, 0.15) is 5.82 Å². The van der Waals surface area contributed by atoms with E-state index in [0.717, 1.165) is 55.7 Å². The second-order valence-corrected chi connectivity index (χ2v) is 5.91. The summed E-state index contributed by atoms with van der Waals surface area (Å²) in [4.78, 5) is 4.71. The quantitative estimate of drug-likeness (QED) is 0.845. The Kier molecular flexibility index (Phi) is 3.66. The average Bonchev–Trinajstić information content (AvgIpc) is 2.78. The van der Waals surface area contributed by atoms with E-state index in [1.54, 1.807) is 0 Å². The highest BCUT2D eigenvalue weighted by Gasteiger charge is 2.21. The number of aliphatic hydroxyl groups excluding tert-OH is 1. The Morgan fingerprint density at radius 3 is 2.75 bits per heavy atom.